The molecular weight excluding hydrogens is 481 g/mol. The highest BCUT2D eigenvalue weighted by molar-refractivity contribution is 5.80. The lowest BCUT2D eigenvalue weighted by atomic mass is 9.95. The van der Waals surface area contributed by atoms with E-state index in [1.54, 1.807) is 13.0 Å². The van der Waals surface area contributed by atoms with Crippen LogP contribution in [0, 0.1) is 5.82 Å². The van der Waals surface area contributed by atoms with Crippen LogP contribution in [0.15, 0.2) is 54.7 Å². The van der Waals surface area contributed by atoms with E-state index in [9.17, 15) is 35.5 Å². The molecule has 1 aromatic heterocycles. The summed E-state index contributed by atoms with van der Waals surface area (Å²) in [7, 11) is 0. The van der Waals surface area contributed by atoms with Gasteiger partial charge in [-0.15, -0.1) is 0 Å². The first-order valence-corrected chi connectivity index (χ1v) is 10.3. The fourth-order valence-corrected chi connectivity index (χ4v) is 3.97. The zero-order valence-corrected chi connectivity index (χ0v) is 18.0. The molecule has 1 unspecified atom stereocenters. The van der Waals surface area contributed by atoms with Crippen LogP contribution in [0.3, 0.4) is 0 Å². The van der Waals surface area contributed by atoms with E-state index in [0.717, 1.165) is 4.90 Å². The number of fused-ring (bicyclic) bond motifs is 1. The minimum absolute atomic E-state index is 0.0339. The van der Waals surface area contributed by atoms with E-state index < -0.39 is 54.4 Å². The molecule has 3 aromatic rings. The van der Waals surface area contributed by atoms with Crippen molar-refractivity contribution in [2.75, 3.05) is 6.61 Å². The molecule has 0 spiro atoms. The van der Waals surface area contributed by atoms with Gasteiger partial charge in [-0.2, -0.15) is 26.3 Å². The first-order valence-electron chi connectivity index (χ1n) is 10.3. The van der Waals surface area contributed by atoms with Gasteiger partial charge in [0.25, 0.3) is 5.91 Å². The van der Waals surface area contributed by atoms with Crippen LogP contribution in [0.2, 0.25) is 0 Å². The van der Waals surface area contributed by atoms with Gasteiger partial charge in [0.1, 0.15) is 5.82 Å². The Bertz CT molecular complexity index is 1220. The maximum Gasteiger partial charge on any atom is 0.416 e. The van der Waals surface area contributed by atoms with Crippen molar-refractivity contribution in [3.05, 3.63) is 82.8 Å². The number of benzene rings is 2. The van der Waals surface area contributed by atoms with Crippen LogP contribution >= 0.6 is 0 Å². The lowest BCUT2D eigenvalue weighted by Gasteiger charge is -2.29. The molecule has 4 rings (SSSR count). The van der Waals surface area contributed by atoms with Crippen LogP contribution in [0.25, 0.3) is 11.1 Å². The Balaban J connectivity index is 1.78. The monoisotopic (exact) mass is 498 g/mol. The molecule has 0 radical (unpaired) electrons. The van der Waals surface area contributed by atoms with Crippen molar-refractivity contribution in [3.8, 4) is 17.0 Å². The van der Waals surface area contributed by atoms with Crippen LogP contribution in [0.5, 0.6) is 5.88 Å². The summed E-state index contributed by atoms with van der Waals surface area (Å²) in [5, 5.41) is 0. The fraction of sp³-hybridized carbons (Fsp3) is 0.250. The Kier molecular flexibility index (Phi) is 6.20. The normalized spacial score (nSPS) is 16.5. The first kappa shape index (κ1) is 24.5. The number of hydrogen-bond acceptors (Lipinski definition) is 3. The molecule has 2 heterocycles. The number of alkyl halides is 6. The van der Waals surface area contributed by atoms with Crippen molar-refractivity contribution < 1.29 is 40.3 Å². The highest BCUT2D eigenvalue weighted by atomic mass is 19.4. The molecule has 2 aromatic carbocycles. The van der Waals surface area contributed by atoms with Gasteiger partial charge in [-0.3, -0.25) is 4.79 Å². The Hall–Kier alpha value is -3.63. The third kappa shape index (κ3) is 5.08. The number of carbonyl (C=O) groups is 1. The lowest BCUT2D eigenvalue weighted by molar-refractivity contribution is -0.143. The number of amides is 1. The molecular formula is C24H17F7N2O2. The molecule has 1 aliphatic rings. The summed E-state index contributed by atoms with van der Waals surface area (Å²) in [5.74, 6) is -1.03. The van der Waals surface area contributed by atoms with E-state index >= 15 is 0 Å². The second kappa shape index (κ2) is 8.86. The van der Waals surface area contributed by atoms with E-state index in [2.05, 4.69) is 4.98 Å². The molecule has 1 aliphatic heterocycles. The van der Waals surface area contributed by atoms with Gasteiger partial charge in [-0.25, -0.2) is 9.37 Å². The quantitative estimate of drug-likeness (QED) is 0.392. The molecule has 0 aliphatic carbocycles. The smallest absolute Gasteiger partial charge is 0.416 e. The fourth-order valence-electron chi connectivity index (χ4n) is 3.97. The zero-order chi connectivity index (χ0) is 25.5. The Morgan fingerprint density at radius 2 is 1.57 bits per heavy atom. The van der Waals surface area contributed by atoms with Crippen molar-refractivity contribution in [1.29, 1.82) is 0 Å². The number of hydrogen-bond donors (Lipinski definition) is 0. The number of pyridine rings is 1. The third-order valence-electron chi connectivity index (χ3n) is 5.65. The predicted molar refractivity (Wildman–Crippen MR) is 111 cm³/mol. The summed E-state index contributed by atoms with van der Waals surface area (Å²) in [6.07, 6.45) is -8.60. The highest BCUT2D eigenvalue weighted by Crippen LogP contribution is 2.40. The van der Waals surface area contributed by atoms with E-state index in [1.165, 1.54) is 30.5 Å². The molecule has 0 saturated heterocycles. The van der Waals surface area contributed by atoms with E-state index in [4.69, 9.17) is 4.74 Å². The number of carbonyl (C=O) groups excluding carboxylic acids is 1. The molecule has 0 saturated carbocycles. The van der Waals surface area contributed by atoms with E-state index in [0.29, 0.717) is 28.8 Å². The van der Waals surface area contributed by atoms with E-state index in [-0.39, 0.29) is 17.5 Å². The van der Waals surface area contributed by atoms with Gasteiger partial charge in [0.05, 0.1) is 17.2 Å². The Labute approximate surface area is 195 Å². The van der Waals surface area contributed by atoms with Gasteiger partial charge in [-0.1, -0.05) is 12.1 Å². The van der Waals surface area contributed by atoms with Crippen molar-refractivity contribution >= 4 is 5.91 Å². The van der Waals surface area contributed by atoms with Crippen LogP contribution in [0.4, 0.5) is 30.7 Å². The standard InChI is InChI=1S/C24H17F7N2O2/c1-13-21-19(15-2-4-18(25)5-3-15)6-7-32-22(21)35-12-20(34)33(13)11-14-8-16(23(26,27)28)10-17(9-14)24(29,30)31/h2-10,13H,11-12H2,1H3. The van der Waals surface area contributed by atoms with Crippen molar-refractivity contribution in [2.24, 2.45) is 0 Å². The van der Waals surface area contributed by atoms with Crippen LogP contribution in [-0.4, -0.2) is 22.4 Å². The van der Waals surface area contributed by atoms with Gasteiger partial charge < -0.3 is 9.64 Å². The summed E-state index contributed by atoms with van der Waals surface area (Å²) in [4.78, 5) is 18.1. The summed E-state index contributed by atoms with van der Waals surface area (Å²) < 4.78 is 98.7. The molecule has 1 amide bonds. The Morgan fingerprint density at radius 3 is 2.14 bits per heavy atom. The first-order chi connectivity index (χ1) is 16.3. The maximum atomic E-state index is 13.4. The molecule has 1 atom stereocenters. The SMILES string of the molecule is CC1c2c(-c3ccc(F)cc3)ccnc2OCC(=O)N1Cc1cc(C(F)(F)F)cc(C(F)(F)F)c1. The molecule has 0 fully saturated rings. The summed E-state index contributed by atoms with van der Waals surface area (Å²) in [6, 6.07) is 7.44. The number of halogens is 7. The van der Waals surface area contributed by atoms with E-state index in [1.807, 2.05) is 0 Å². The van der Waals surface area contributed by atoms with Gasteiger partial charge in [-0.05, 0) is 60.0 Å². The molecule has 0 bridgehead atoms. The number of nitrogens with zero attached hydrogens (tertiary/aromatic N) is 2. The second-order valence-electron chi connectivity index (χ2n) is 7.98. The predicted octanol–water partition coefficient (Wildman–Crippen LogP) is 6.41. The van der Waals surface area contributed by atoms with Crippen molar-refractivity contribution in [1.82, 2.24) is 9.88 Å². The van der Waals surface area contributed by atoms with Crippen molar-refractivity contribution in [3.63, 3.8) is 0 Å². The largest absolute Gasteiger partial charge is 0.467 e. The zero-order valence-electron chi connectivity index (χ0n) is 18.0. The highest BCUT2D eigenvalue weighted by Gasteiger charge is 2.38. The van der Waals surface area contributed by atoms with Crippen molar-refractivity contribution in [2.45, 2.75) is 31.9 Å². The van der Waals surface area contributed by atoms with Crippen LogP contribution in [0.1, 0.15) is 35.2 Å². The topological polar surface area (TPSA) is 42.4 Å². The molecule has 0 N–H and O–H groups in total. The average molecular weight is 498 g/mol. The second-order valence-corrected chi connectivity index (χ2v) is 7.98. The molecule has 4 nitrogen and oxygen atoms in total. The summed E-state index contributed by atoms with van der Waals surface area (Å²) in [6.45, 7) is 0.522. The van der Waals surface area contributed by atoms with Gasteiger partial charge >= 0.3 is 12.4 Å². The molecule has 35 heavy (non-hydrogen) atoms. The van der Waals surface area contributed by atoms with Crippen LogP contribution in [-0.2, 0) is 23.7 Å². The van der Waals surface area contributed by atoms with Gasteiger partial charge in [0.2, 0.25) is 5.88 Å². The Morgan fingerprint density at radius 1 is 0.971 bits per heavy atom. The lowest BCUT2D eigenvalue weighted by Crippen LogP contribution is -2.34. The summed E-state index contributed by atoms with van der Waals surface area (Å²) >= 11 is 0. The minimum Gasteiger partial charge on any atom is -0.467 e. The summed E-state index contributed by atoms with van der Waals surface area (Å²) in [5.41, 5.74) is -1.79. The minimum atomic E-state index is -5.01. The third-order valence-corrected chi connectivity index (χ3v) is 5.65. The number of rotatable bonds is 3. The average Bonchev–Trinajstić information content (AvgIpc) is 2.90. The number of ether oxygens (including phenoxy) is 1. The van der Waals surface area contributed by atoms with Gasteiger partial charge in [0.15, 0.2) is 6.61 Å². The molecule has 184 valence electrons. The number of aromatic nitrogens is 1. The van der Waals surface area contributed by atoms with Crippen LogP contribution < -0.4 is 4.74 Å². The van der Waals surface area contributed by atoms with Gasteiger partial charge in [0, 0.05) is 18.3 Å². The maximum absolute atomic E-state index is 13.4. The molecule has 11 heteroatoms.